The van der Waals surface area contributed by atoms with Gasteiger partial charge in [-0.25, -0.2) is 4.39 Å². The maximum Gasteiger partial charge on any atom is 0.269 e. The van der Waals surface area contributed by atoms with Crippen LogP contribution in [0, 0.1) is 15.9 Å². The van der Waals surface area contributed by atoms with Crippen LogP contribution in [0.4, 0.5) is 10.1 Å². The average molecular weight is 278 g/mol. The van der Waals surface area contributed by atoms with E-state index >= 15 is 0 Å². The number of nitrogens with zero attached hydrogens (tertiary/aromatic N) is 1. The monoisotopic (exact) mass is 278 g/mol. The molecular weight excluding hydrogens is 267 g/mol. The Morgan fingerprint density at radius 3 is 2.42 bits per heavy atom. The molecule has 0 heterocycles. The molecule has 4 nitrogen and oxygen atoms in total. The summed E-state index contributed by atoms with van der Waals surface area (Å²) in [5.74, 6) is -0.341. The molecule has 0 spiro atoms. The summed E-state index contributed by atoms with van der Waals surface area (Å²) in [6.07, 6.45) is 0. The molecule has 0 fully saturated rings. The molecule has 98 valence electrons. The van der Waals surface area contributed by atoms with Crippen LogP contribution in [-0.4, -0.2) is 4.92 Å². The number of rotatable bonds is 4. The number of nitro benzene ring substituents is 1. The van der Waals surface area contributed by atoms with Crippen LogP contribution in [0.1, 0.15) is 5.56 Å². The van der Waals surface area contributed by atoms with E-state index in [9.17, 15) is 14.5 Å². The van der Waals surface area contributed by atoms with Gasteiger partial charge in [-0.1, -0.05) is 17.8 Å². The van der Waals surface area contributed by atoms with E-state index in [-0.39, 0.29) is 11.5 Å². The molecule has 2 aromatic rings. The van der Waals surface area contributed by atoms with Crippen molar-refractivity contribution in [3.05, 3.63) is 64.0 Å². The van der Waals surface area contributed by atoms with Crippen LogP contribution in [0.2, 0.25) is 0 Å². The molecule has 0 atom stereocenters. The van der Waals surface area contributed by atoms with Crippen LogP contribution >= 0.6 is 11.8 Å². The largest absolute Gasteiger partial charge is 0.326 e. The van der Waals surface area contributed by atoms with Gasteiger partial charge in [0.1, 0.15) is 5.82 Å². The van der Waals surface area contributed by atoms with Gasteiger partial charge in [0.05, 0.1) is 4.92 Å². The van der Waals surface area contributed by atoms with Crippen molar-refractivity contribution in [3.63, 3.8) is 0 Å². The Bertz CT molecular complexity index is 602. The second kappa shape index (κ2) is 5.81. The lowest BCUT2D eigenvalue weighted by atomic mass is 10.2. The van der Waals surface area contributed by atoms with E-state index < -0.39 is 4.92 Å². The van der Waals surface area contributed by atoms with Crippen molar-refractivity contribution >= 4 is 17.4 Å². The molecule has 0 radical (unpaired) electrons. The first-order valence-electron chi connectivity index (χ1n) is 5.51. The third-order valence-corrected chi connectivity index (χ3v) is 3.57. The number of nitrogens with two attached hydrogens (primary N) is 1. The maximum absolute atomic E-state index is 13.7. The minimum atomic E-state index is -0.467. The quantitative estimate of drug-likeness (QED) is 0.688. The summed E-state index contributed by atoms with van der Waals surface area (Å²) in [7, 11) is 0. The zero-order chi connectivity index (χ0) is 13.8. The Kier molecular flexibility index (Phi) is 4.13. The summed E-state index contributed by atoms with van der Waals surface area (Å²) < 4.78 is 13.7. The Hall–Kier alpha value is -1.92. The standard InChI is InChI=1S/C13H11FN2O2S/c14-12-7-9(8-15)1-6-13(12)19-11-4-2-10(3-5-11)16(17)18/h1-7H,8,15H2. The van der Waals surface area contributed by atoms with Gasteiger partial charge in [0.2, 0.25) is 0 Å². The van der Waals surface area contributed by atoms with Crippen molar-refractivity contribution in [1.29, 1.82) is 0 Å². The van der Waals surface area contributed by atoms with Crippen LogP contribution in [0.5, 0.6) is 0 Å². The Morgan fingerprint density at radius 1 is 1.21 bits per heavy atom. The minimum Gasteiger partial charge on any atom is -0.326 e. The SMILES string of the molecule is NCc1ccc(Sc2ccc([N+](=O)[O-])cc2)c(F)c1. The third-order valence-electron chi connectivity index (χ3n) is 2.51. The van der Waals surface area contributed by atoms with Gasteiger partial charge in [0.25, 0.3) is 5.69 Å². The molecule has 6 heteroatoms. The van der Waals surface area contributed by atoms with Gasteiger partial charge in [0.15, 0.2) is 0 Å². The number of nitro groups is 1. The summed E-state index contributed by atoms with van der Waals surface area (Å²) in [5, 5.41) is 10.5. The smallest absolute Gasteiger partial charge is 0.269 e. The highest BCUT2D eigenvalue weighted by atomic mass is 32.2. The Morgan fingerprint density at radius 2 is 1.89 bits per heavy atom. The highest BCUT2D eigenvalue weighted by Gasteiger charge is 2.08. The average Bonchev–Trinajstić information content (AvgIpc) is 2.41. The molecule has 0 saturated carbocycles. The molecule has 0 aliphatic heterocycles. The molecule has 0 unspecified atom stereocenters. The molecular formula is C13H11FN2O2S. The summed E-state index contributed by atoms with van der Waals surface area (Å²) in [4.78, 5) is 11.3. The second-order valence-electron chi connectivity index (χ2n) is 3.82. The fourth-order valence-corrected chi connectivity index (χ4v) is 2.34. The van der Waals surface area contributed by atoms with Gasteiger partial charge in [-0.15, -0.1) is 0 Å². The lowest BCUT2D eigenvalue weighted by Crippen LogP contribution is -1.96. The topological polar surface area (TPSA) is 69.2 Å². The van der Waals surface area contributed by atoms with E-state index in [1.807, 2.05) is 0 Å². The fraction of sp³-hybridized carbons (Fsp3) is 0.0769. The van der Waals surface area contributed by atoms with Crippen molar-refractivity contribution in [2.45, 2.75) is 16.3 Å². The first-order chi connectivity index (χ1) is 9.10. The summed E-state index contributed by atoms with van der Waals surface area (Å²) in [6.45, 7) is 0.291. The van der Waals surface area contributed by atoms with Gasteiger partial charge in [-0.3, -0.25) is 10.1 Å². The lowest BCUT2D eigenvalue weighted by Gasteiger charge is -2.04. The first-order valence-corrected chi connectivity index (χ1v) is 6.32. The highest BCUT2D eigenvalue weighted by molar-refractivity contribution is 7.99. The van der Waals surface area contributed by atoms with Crippen LogP contribution < -0.4 is 5.73 Å². The van der Waals surface area contributed by atoms with Crippen LogP contribution in [-0.2, 0) is 6.54 Å². The number of benzene rings is 2. The van der Waals surface area contributed by atoms with Gasteiger partial charge in [0, 0.05) is 28.5 Å². The van der Waals surface area contributed by atoms with Crippen LogP contribution in [0.25, 0.3) is 0 Å². The van der Waals surface area contributed by atoms with Crippen molar-refractivity contribution < 1.29 is 9.31 Å². The third kappa shape index (κ3) is 3.30. The molecule has 2 N–H and O–H groups in total. The van der Waals surface area contributed by atoms with Gasteiger partial charge in [-0.2, -0.15) is 0 Å². The summed E-state index contributed by atoms with van der Waals surface area (Å²) >= 11 is 1.22. The van der Waals surface area contributed by atoms with Crippen LogP contribution in [0.15, 0.2) is 52.3 Å². The molecule has 0 saturated heterocycles. The number of non-ortho nitro benzene ring substituents is 1. The second-order valence-corrected chi connectivity index (χ2v) is 4.94. The molecule has 0 amide bonds. The van der Waals surface area contributed by atoms with E-state index in [4.69, 9.17) is 5.73 Å². The zero-order valence-electron chi connectivity index (χ0n) is 9.88. The van der Waals surface area contributed by atoms with Gasteiger partial charge < -0.3 is 5.73 Å². The van der Waals surface area contributed by atoms with Crippen molar-refractivity contribution in [3.8, 4) is 0 Å². The summed E-state index contributed by atoms with van der Waals surface area (Å²) in [5.41, 5.74) is 6.17. The van der Waals surface area contributed by atoms with Crippen molar-refractivity contribution in [2.75, 3.05) is 0 Å². The zero-order valence-corrected chi connectivity index (χ0v) is 10.7. The van der Waals surface area contributed by atoms with E-state index in [0.29, 0.717) is 11.4 Å². The number of hydrogen-bond acceptors (Lipinski definition) is 4. The Labute approximate surface area is 113 Å². The van der Waals surface area contributed by atoms with E-state index in [0.717, 1.165) is 10.5 Å². The number of halogens is 1. The highest BCUT2D eigenvalue weighted by Crippen LogP contribution is 2.31. The molecule has 2 aromatic carbocycles. The number of hydrogen-bond donors (Lipinski definition) is 1. The molecule has 0 bridgehead atoms. The van der Waals surface area contributed by atoms with Gasteiger partial charge >= 0.3 is 0 Å². The van der Waals surface area contributed by atoms with Crippen molar-refractivity contribution in [1.82, 2.24) is 0 Å². The van der Waals surface area contributed by atoms with E-state index in [1.165, 1.54) is 30.0 Å². The molecule has 0 aromatic heterocycles. The summed E-state index contributed by atoms with van der Waals surface area (Å²) in [6, 6.07) is 10.8. The Balaban J connectivity index is 2.19. The minimum absolute atomic E-state index is 0.0169. The molecule has 19 heavy (non-hydrogen) atoms. The van der Waals surface area contributed by atoms with E-state index in [1.54, 1.807) is 24.3 Å². The molecule has 2 rings (SSSR count). The van der Waals surface area contributed by atoms with E-state index in [2.05, 4.69) is 0 Å². The molecule has 0 aliphatic carbocycles. The van der Waals surface area contributed by atoms with Crippen molar-refractivity contribution in [2.24, 2.45) is 5.73 Å². The lowest BCUT2D eigenvalue weighted by molar-refractivity contribution is -0.384. The first kappa shape index (κ1) is 13.5. The predicted molar refractivity (Wildman–Crippen MR) is 71.5 cm³/mol. The van der Waals surface area contributed by atoms with Gasteiger partial charge in [-0.05, 0) is 29.8 Å². The maximum atomic E-state index is 13.7. The van der Waals surface area contributed by atoms with Crippen LogP contribution in [0.3, 0.4) is 0 Å². The normalized spacial score (nSPS) is 10.4. The molecule has 0 aliphatic rings. The fourth-order valence-electron chi connectivity index (χ4n) is 1.52. The predicted octanol–water partition coefficient (Wildman–Crippen LogP) is 3.34.